The van der Waals surface area contributed by atoms with Crippen molar-refractivity contribution in [1.82, 2.24) is 0 Å². The summed E-state index contributed by atoms with van der Waals surface area (Å²) in [6.07, 6.45) is 0. The first-order chi connectivity index (χ1) is 11.8. The van der Waals surface area contributed by atoms with Gasteiger partial charge in [0.25, 0.3) is 0 Å². The van der Waals surface area contributed by atoms with Crippen molar-refractivity contribution in [2.24, 2.45) is 0 Å². The first-order valence-electron chi connectivity index (χ1n) is 7.91. The number of hydrogen-bond donors (Lipinski definition) is 0. The molecule has 0 spiro atoms. The molecule has 0 amide bonds. The fraction of sp³-hybridized carbons (Fsp3) is 0. The smallest absolute Gasteiger partial charge is 0.143 e. The zero-order valence-electron chi connectivity index (χ0n) is 12.8. The molecule has 0 unspecified atom stereocenters. The lowest BCUT2D eigenvalue weighted by Gasteiger charge is -2.12. The normalized spacial score (nSPS) is 11.5. The lowest BCUT2D eigenvalue weighted by Crippen LogP contribution is -1.87. The number of hydrogen-bond acceptors (Lipinski definition) is 1. The number of benzene rings is 3. The molecule has 24 heavy (non-hydrogen) atoms. The van der Waals surface area contributed by atoms with E-state index in [1.165, 1.54) is 21.9 Å². The van der Waals surface area contributed by atoms with E-state index in [0.717, 1.165) is 26.8 Å². The van der Waals surface area contributed by atoms with Gasteiger partial charge in [0.05, 0.1) is 0 Å². The molecule has 0 saturated heterocycles. The van der Waals surface area contributed by atoms with Gasteiger partial charge >= 0.3 is 0 Å². The van der Waals surface area contributed by atoms with Crippen LogP contribution < -0.4 is 0 Å². The molecule has 3 aromatic rings. The standard InChI is InChI=1S/C22H13BrO/c23-21-16-11-5-4-10-15(16)20-19(21)17-12-6-7-13-18(17)24-22(20)14-8-2-1-3-9-14/h1-13H. The summed E-state index contributed by atoms with van der Waals surface area (Å²) in [7, 11) is 0. The molecule has 2 heteroatoms. The second-order valence-electron chi connectivity index (χ2n) is 5.90. The van der Waals surface area contributed by atoms with Gasteiger partial charge in [0.2, 0.25) is 0 Å². The van der Waals surface area contributed by atoms with Gasteiger partial charge < -0.3 is 4.42 Å². The van der Waals surface area contributed by atoms with Crippen molar-refractivity contribution in [3.05, 3.63) is 83.3 Å². The highest BCUT2D eigenvalue weighted by Crippen LogP contribution is 2.50. The molecule has 0 fully saturated rings. The summed E-state index contributed by atoms with van der Waals surface area (Å²) >= 11 is 3.84. The number of para-hydroxylation sites is 1. The summed E-state index contributed by atoms with van der Waals surface area (Å²) in [4.78, 5) is 0. The first kappa shape index (κ1) is 13.8. The molecule has 2 aliphatic rings. The third-order valence-corrected chi connectivity index (χ3v) is 5.36. The maximum absolute atomic E-state index is 6.36. The molecule has 1 aliphatic carbocycles. The topological polar surface area (TPSA) is 13.1 Å². The Balaban J connectivity index is 2.06. The average molecular weight is 373 g/mol. The Morgan fingerprint density at radius 2 is 1.21 bits per heavy atom. The van der Waals surface area contributed by atoms with Gasteiger partial charge in [0.15, 0.2) is 0 Å². The van der Waals surface area contributed by atoms with Crippen molar-refractivity contribution in [2.75, 3.05) is 0 Å². The summed E-state index contributed by atoms with van der Waals surface area (Å²) in [6, 6.07) is 27.0. The lowest BCUT2D eigenvalue weighted by molar-refractivity contribution is 0.622. The van der Waals surface area contributed by atoms with Crippen LogP contribution in [0.3, 0.4) is 0 Å². The maximum atomic E-state index is 6.36. The molecule has 114 valence electrons. The van der Waals surface area contributed by atoms with E-state index in [-0.39, 0.29) is 0 Å². The van der Waals surface area contributed by atoms with Crippen LogP contribution in [0.2, 0.25) is 0 Å². The Hall–Kier alpha value is -2.58. The van der Waals surface area contributed by atoms with E-state index in [1.54, 1.807) is 0 Å². The minimum Gasteiger partial charge on any atom is -0.455 e. The summed E-state index contributed by atoms with van der Waals surface area (Å²) in [5.41, 5.74) is 4.38. The van der Waals surface area contributed by atoms with Gasteiger partial charge in [-0.25, -0.2) is 0 Å². The zero-order chi connectivity index (χ0) is 16.1. The highest BCUT2D eigenvalue weighted by molar-refractivity contribution is 9.10. The fourth-order valence-corrected chi connectivity index (χ4v) is 4.23. The Morgan fingerprint density at radius 3 is 2.00 bits per heavy atom. The highest BCUT2D eigenvalue weighted by Gasteiger charge is 2.24. The van der Waals surface area contributed by atoms with Crippen LogP contribution in [-0.2, 0) is 0 Å². The summed E-state index contributed by atoms with van der Waals surface area (Å²) < 4.78 is 7.50. The molecular weight excluding hydrogens is 360 g/mol. The summed E-state index contributed by atoms with van der Waals surface area (Å²) in [5, 5.41) is 3.57. The Labute approximate surface area is 148 Å². The Bertz CT molecular complexity index is 1150. The third kappa shape index (κ3) is 1.87. The van der Waals surface area contributed by atoms with Gasteiger partial charge in [0.1, 0.15) is 11.3 Å². The molecule has 3 aromatic carbocycles. The van der Waals surface area contributed by atoms with E-state index in [9.17, 15) is 0 Å². The van der Waals surface area contributed by atoms with Crippen LogP contribution in [0.4, 0.5) is 0 Å². The van der Waals surface area contributed by atoms with Crippen LogP contribution in [0, 0.1) is 0 Å². The van der Waals surface area contributed by atoms with E-state index in [1.807, 2.05) is 30.3 Å². The van der Waals surface area contributed by atoms with Gasteiger partial charge in [-0.3, -0.25) is 0 Å². The van der Waals surface area contributed by atoms with Crippen LogP contribution in [-0.4, -0.2) is 0 Å². The van der Waals surface area contributed by atoms with E-state index in [0.29, 0.717) is 0 Å². The third-order valence-electron chi connectivity index (χ3n) is 4.53. The fourth-order valence-electron chi connectivity index (χ4n) is 3.48. The SMILES string of the molecule is Brc1c2c3ccccc3oc(-c3ccccc3)c-2c2ccccc12. The minimum absolute atomic E-state index is 0.903. The van der Waals surface area contributed by atoms with E-state index >= 15 is 0 Å². The van der Waals surface area contributed by atoms with Crippen LogP contribution in [0.25, 0.3) is 44.2 Å². The Kier molecular flexibility index (Phi) is 3.00. The predicted octanol–water partition coefficient (Wildman–Crippen LogP) is 7.12. The molecule has 5 rings (SSSR count). The van der Waals surface area contributed by atoms with Gasteiger partial charge in [-0.15, -0.1) is 0 Å². The number of fused-ring (bicyclic) bond motifs is 5. The van der Waals surface area contributed by atoms with Gasteiger partial charge in [0, 0.05) is 26.5 Å². The summed E-state index contributed by atoms with van der Waals surface area (Å²) in [5.74, 6) is 0.922. The number of halogens is 1. The van der Waals surface area contributed by atoms with Crippen molar-refractivity contribution in [3.8, 4) is 22.5 Å². The van der Waals surface area contributed by atoms with Crippen molar-refractivity contribution in [1.29, 1.82) is 0 Å². The van der Waals surface area contributed by atoms with E-state index < -0.39 is 0 Å². The molecule has 0 radical (unpaired) electrons. The molecule has 0 N–H and O–H groups in total. The van der Waals surface area contributed by atoms with Gasteiger partial charge in [-0.05, 0) is 32.8 Å². The average Bonchev–Trinajstić information content (AvgIpc) is 2.96. The molecule has 1 aliphatic heterocycles. The molecule has 0 saturated carbocycles. The second kappa shape index (κ2) is 5.22. The van der Waals surface area contributed by atoms with Crippen LogP contribution in [0.15, 0.2) is 87.8 Å². The van der Waals surface area contributed by atoms with Gasteiger partial charge in [-0.1, -0.05) is 72.8 Å². The van der Waals surface area contributed by atoms with Crippen LogP contribution in [0.5, 0.6) is 0 Å². The first-order valence-corrected chi connectivity index (χ1v) is 8.71. The molecule has 1 heterocycles. The Morgan fingerprint density at radius 1 is 0.583 bits per heavy atom. The number of rotatable bonds is 1. The predicted molar refractivity (Wildman–Crippen MR) is 103 cm³/mol. The van der Waals surface area contributed by atoms with Crippen molar-refractivity contribution < 1.29 is 4.42 Å². The van der Waals surface area contributed by atoms with E-state index in [4.69, 9.17) is 4.42 Å². The minimum atomic E-state index is 0.903. The van der Waals surface area contributed by atoms with Gasteiger partial charge in [-0.2, -0.15) is 0 Å². The molecule has 1 nitrogen and oxygen atoms in total. The molecular formula is C22H13BrO. The summed E-state index contributed by atoms with van der Waals surface area (Å²) in [6.45, 7) is 0. The molecule has 0 aromatic heterocycles. The van der Waals surface area contributed by atoms with E-state index in [2.05, 4.69) is 64.5 Å². The maximum Gasteiger partial charge on any atom is 0.143 e. The molecule has 0 atom stereocenters. The molecule has 0 bridgehead atoms. The van der Waals surface area contributed by atoms with Crippen molar-refractivity contribution in [2.45, 2.75) is 0 Å². The van der Waals surface area contributed by atoms with Crippen LogP contribution in [0.1, 0.15) is 0 Å². The van der Waals surface area contributed by atoms with Crippen molar-refractivity contribution >= 4 is 37.7 Å². The van der Waals surface area contributed by atoms with Crippen LogP contribution >= 0.6 is 15.9 Å². The van der Waals surface area contributed by atoms with Crippen molar-refractivity contribution in [3.63, 3.8) is 0 Å². The quantitative estimate of drug-likeness (QED) is 0.305. The largest absolute Gasteiger partial charge is 0.455 e. The zero-order valence-corrected chi connectivity index (χ0v) is 14.4. The second-order valence-corrected chi connectivity index (χ2v) is 6.70. The highest BCUT2D eigenvalue weighted by atomic mass is 79.9. The monoisotopic (exact) mass is 372 g/mol. The lowest BCUT2D eigenvalue weighted by atomic mass is 9.98.